The summed E-state index contributed by atoms with van der Waals surface area (Å²) in [5.74, 6) is -0.133. The molecule has 0 atom stereocenters. The maximum absolute atomic E-state index is 11.5. The smallest absolute Gasteiger partial charge is 0.432 e. The van der Waals surface area contributed by atoms with E-state index in [1.807, 2.05) is 49.4 Å². The number of carbonyl (C=O) groups is 1. The van der Waals surface area contributed by atoms with E-state index in [2.05, 4.69) is 10.1 Å². The van der Waals surface area contributed by atoms with Gasteiger partial charge >= 0.3 is 6.09 Å². The van der Waals surface area contributed by atoms with Gasteiger partial charge in [-0.1, -0.05) is 43.3 Å². The van der Waals surface area contributed by atoms with Crippen LogP contribution in [0, 0.1) is 0 Å². The van der Waals surface area contributed by atoms with Crippen LogP contribution in [0.15, 0.2) is 48.5 Å². The molecular weight excluding hydrogens is 330 g/mol. The Kier molecular flexibility index (Phi) is 3.80. The Morgan fingerprint density at radius 2 is 1.92 bits per heavy atom. The number of rotatable bonds is 3. The van der Waals surface area contributed by atoms with Crippen molar-refractivity contribution in [2.75, 3.05) is 0 Å². The molecule has 2 aromatic heterocycles. The van der Waals surface area contributed by atoms with Crippen molar-refractivity contribution in [1.82, 2.24) is 14.8 Å². The van der Waals surface area contributed by atoms with E-state index in [-0.39, 0.29) is 11.3 Å². The molecule has 0 saturated carbocycles. The summed E-state index contributed by atoms with van der Waals surface area (Å²) in [7, 11) is 0. The molecule has 0 aliphatic rings. The number of aromatic hydroxyl groups is 1. The predicted molar refractivity (Wildman–Crippen MR) is 98.7 cm³/mol. The quantitative estimate of drug-likeness (QED) is 0.585. The molecule has 0 amide bonds. The van der Waals surface area contributed by atoms with E-state index in [9.17, 15) is 15.0 Å². The second kappa shape index (κ2) is 6.15. The topological polar surface area (TPSA) is 88.2 Å². The summed E-state index contributed by atoms with van der Waals surface area (Å²) in [4.78, 5) is 16.1. The van der Waals surface area contributed by atoms with Gasteiger partial charge in [-0.25, -0.2) is 4.79 Å². The van der Waals surface area contributed by atoms with E-state index in [1.165, 1.54) is 6.07 Å². The summed E-state index contributed by atoms with van der Waals surface area (Å²) in [5.41, 5.74) is 3.49. The first-order valence-electron chi connectivity index (χ1n) is 8.39. The number of aryl methyl sites for hydroxylation is 1. The molecule has 0 aliphatic carbocycles. The lowest BCUT2D eigenvalue weighted by molar-refractivity contribution is 0.193. The van der Waals surface area contributed by atoms with Crippen molar-refractivity contribution >= 4 is 27.9 Å². The average Bonchev–Trinajstić information content (AvgIpc) is 3.03. The van der Waals surface area contributed by atoms with Crippen LogP contribution < -0.4 is 0 Å². The van der Waals surface area contributed by atoms with Crippen LogP contribution in [-0.2, 0) is 12.8 Å². The molecule has 0 bridgehead atoms. The van der Waals surface area contributed by atoms with Crippen LogP contribution in [0.2, 0.25) is 0 Å². The minimum Gasteiger partial charge on any atom is -0.506 e. The second-order valence-corrected chi connectivity index (χ2v) is 6.15. The van der Waals surface area contributed by atoms with Gasteiger partial charge < -0.3 is 10.2 Å². The molecule has 130 valence electrons. The zero-order valence-electron chi connectivity index (χ0n) is 14.2. The minimum absolute atomic E-state index is 0.133. The predicted octanol–water partition coefficient (Wildman–Crippen LogP) is 3.97. The fourth-order valence-corrected chi connectivity index (χ4v) is 3.31. The molecule has 2 N–H and O–H groups in total. The summed E-state index contributed by atoms with van der Waals surface area (Å²) >= 11 is 0. The second-order valence-electron chi connectivity index (χ2n) is 6.15. The van der Waals surface area contributed by atoms with E-state index in [4.69, 9.17) is 0 Å². The number of benzene rings is 2. The molecule has 2 heterocycles. The molecule has 2 aromatic carbocycles. The summed E-state index contributed by atoms with van der Waals surface area (Å²) in [5, 5.41) is 25.4. The van der Waals surface area contributed by atoms with Crippen LogP contribution in [0.1, 0.15) is 23.9 Å². The van der Waals surface area contributed by atoms with Crippen molar-refractivity contribution in [3.8, 4) is 5.75 Å². The number of hydrogen-bond acceptors (Lipinski definition) is 4. The molecule has 0 unspecified atom stereocenters. The molecule has 0 radical (unpaired) electrons. The number of carboxylic acid groups (broad SMARTS) is 1. The van der Waals surface area contributed by atoms with Crippen molar-refractivity contribution in [1.29, 1.82) is 0 Å². The Morgan fingerprint density at radius 1 is 1.15 bits per heavy atom. The Bertz CT molecular complexity index is 1130. The fraction of sp³-hybridized carbons (Fsp3) is 0.150. The Hall–Kier alpha value is -3.41. The first kappa shape index (κ1) is 16.1. The summed E-state index contributed by atoms with van der Waals surface area (Å²) in [6, 6.07) is 15.4. The molecule has 0 aliphatic heterocycles. The minimum atomic E-state index is -1.22. The molecule has 6 nitrogen and oxygen atoms in total. The molecule has 4 rings (SSSR count). The van der Waals surface area contributed by atoms with Gasteiger partial charge in [0.15, 0.2) is 0 Å². The zero-order valence-corrected chi connectivity index (χ0v) is 14.2. The molecule has 0 saturated heterocycles. The van der Waals surface area contributed by atoms with Gasteiger partial charge in [0.2, 0.25) is 0 Å². The maximum atomic E-state index is 11.5. The molecule has 0 spiro atoms. The number of phenols is 1. The van der Waals surface area contributed by atoms with Crippen LogP contribution in [0.5, 0.6) is 5.75 Å². The molecule has 0 fully saturated rings. The van der Waals surface area contributed by atoms with Crippen molar-refractivity contribution in [2.24, 2.45) is 0 Å². The maximum Gasteiger partial charge on any atom is 0.432 e. The first-order chi connectivity index (χ1) is 12.6. The normalized spacial score (nSPS) is 11.3. The molecule has 26 heavy (non-hydrogen) atoms. The number of nitrogens with zero attached hydrogens (tertiary/aromatic N) is 3. The fourth-order valence-electron chi connectivity index (χ4n) is 3.31. The van der Waals surface area contributed by atoms with Crippen molar-refractivity contribution < 1.29 is 15.0 Å². The van der Waals surface area contributed by atoms with Crippen molar-refractivity contribution in [3.63, 3.8) is 0 Å². The number of fused-ring (bicyclic) bond motifs is 3. The lowest BCUT2D eigenvalue weighted by Gasteiger charge is -2.07. The number of pyridine rings is 1. The third-order valence-corrected chi connectivity index (χ3v) is 4.47. The van der Waals surface area contributed by atoms with Crippen LogP contribution in [0.25, 0.3) is 21.8 Å². The third-order valence-electron chi connectivity index (χ3n) is 4.47. The van der Waals surface area contributed by atoms with Gasteiger partial charge in [0.25, 0.3) is 0 Å². The highest BCUT2D eigenvalue weighted by Gasteiger charge is 2.20. The van der Waals surface area contributed by atoms with Gasteiger partial charge in [-0.3, -0.25) is 4.98 Å². The van der Waals surface area contributed by atoms with Gasteiger partial charge in [0, 0.05) is 29.0 Å². The van der Waals surface area contributed by atoms with Gasteiger partial charge in [-0.2, -0.15) is 9.78 Å². The van der Waals surface area contributed by atoms with Crippen molar-refractivity contribution in [2.45, 2.75) is 19.8 Å². The zero-order chi connectivity index (χ0) is 18.3. The van der Waals surface area contributed by atoms with E-state index in [0.717, 1.165) is 21.3 Å². The first-order valence-corrected chi connectivity index (χ1v) is 8.39. The van der Waals surface area contributed by atoms with E-state index in [0.29, 0.717) is 29.4 Å². The number of aromatic nitrogens is 3. The van der Waals surface area contributed by atoms with E-state index < -0.39 is 6.09 Å². The van der Waals surface area contributed by atoms with Gasteiger partial charge in [0.05, 0.1) is 11.2 Å². The third kappa shape index (κ3) is 2.56. The average molecular weight is 347 g/mol. The molecule has 4 aromatic rings. The lowest BCUT2D eigenvalue weighted by atomic mass is 10.0. The highest BCUT2D eigenvalue weighted by atomic mass is 16.4. The van der Waals surface area contributed by atoms with Gasteiger partial charge in [0.1, 0.15) is 11.3 Å². The monoisotopic (exact) mass is 347 g/mol. The Balaban J connectivity index is 1.92. The van der Waals surface area contributed by atoms with Crippen molar-refractivity contribution in [3.05, 3.63) is 65.5 Å². The largest absolute Gasteiger partial charge is 0.506 e. The Morgan fingerprint density at radius 3 is 2.62 bits per heavy atom. The van der Waals surface area contributed by atoms with Crippen LogP contribution in [-0.4, -0.2) is 31.1 Å². The van der Waals surface area contributed by atoms with Gasteiger partial charge in [-0.05, 0) is 18.1 Å². The summed E-state index contributed by atoms with van der Waals surface area (Å²) in [6.45, 7) is 1.90. The highest BCUT2D eigenvalue weighted by Crippen LogP contribution is 2.34. The standard InChI is InChI=1S/C20H17N3O3/c1-2-15-18-14-9-8-13(10-12-6-4-3-5-7-12)21-16(14)11-17(24)19(18)23(22-15)20(25)26/h3-9,11,24H,2,10H2,1H3,(H,25,26). The number of phenolic OH excluding ortho intramolecular Hbond substituents is 1. The Labute approximate surface area is 149 Å². The molecule has 6 heteroatoms. The van der Waals surface area contributed by atoms with E-state index >= 15 is 0 Å². The number of hydrogen-bond donors (Lipinski definition) is 2. The summed E-state index contributed by atoms with van der Waals surface area (Å²) < 4.78 is 0.834. The highest BCUT2D eigenvalue weighted by molar-refractivity contribution is 6.10. The SMILES string of the molecule is CCc1nn(C(=O)O)c2c(O)cc3nc(Cc4ccccc4)ccc3c12. The summed E-state index contributed by atoms with van der Waals surface area (Å²) in [6.07, 6.45) is 0.0177. The van der Waals surface area contributed by atoms with Gasteiger partial charge in [-0.15, -0.1) is 0 Å². The van der Waals surface area contributed by atoms with Crippen LogP contribution in [0.4, 0.5) is 4.79 Å². The lowest BCUT2D eigenvalue weighted by Crippen LogP contribution is -2.09. The van der Waals surface area contributed by atoms with E-state index in [1.54, 1.807) is 0 Å². The van der Waals surface area contributed by atoms with Crippen LogP contribution in [0.3, 0.4) is 0 Å². The van der Waals surface area contributed by atoms with Crippen LogP contribution >= 0.6 is 0 Å². The molecular formula is C20H17N3O3.